The lowest BCUT2D eigenvalue weighted by Gasteiger charge is -2.44. The topological polar surface area (TPSA) is 132 Å². The maximum absolute atomic E-state index is 13.4. The number of esters is 1. The first-order valence-electron chi connectivity index (χ1n) is 13.4. The molecule has 2 amide bonds. The average Bonchev–Trinajstić information content (AvgIpc) is 3.65. The number of carboxylic acid groups (broad SMARTS) is 1. The standard InChI is InChI=1S/C27H28N2O7.C2HF3O2/c1-28-24(30)21-22(25(28)31)27(26(32)34-3)10-4-5-11-29(27)23(21)16-6-8-17(19(13-16)33-2)15-7-9-18-20(12-15)36-14-35-18;3-2(4,5)1(6)7/h6-9,12-13,21-23H,4-5,10-11,14H2,1-3H3;(H,6,7)/t21-,22-,23-,27+;/m1./s1. The number of fused-ring (bicyclic) bond motifs is 4. The van der Waals surface area contributed by atoms with E-state index < -0.39 is 41.5 Å². The maximum Gasteiger partial charge on any atom is 0.490 e. The Morgan fingerprint density at radius 1 is 1.02 bits per heavy atom. The molecule has 43 heavy (non-hydrogen) atoms. The lowest BCUT2D eigenvalue weighted by atomic mass is 9.75. The maximum atomic E-state index is 13.4. The molecular formula is C29H29F3N2O9. The summed E-state index contributed by atoms with van der Waals surface area (Å²) in [6.07, 6.45) is -2.94. The van der Waals surface area contributed by atoms with Crippen molar-refractivity contribution in [2.75, 3.05) is 34.6 Å². The van der Waals surface area contributed by atoms with Crippen LogP contribution in [-0.2, 0) is 23.9 Å². The molecule has 4 aliphatic rings. The molecule has 0 spiro atoms. The van der Waals surface area contributed by atoms with Crippen molar-refractivity contribution >= 4 is 23.8 Å². The third-order valence-corrected chi connectivity index (χ3v) is 8.51. The molecule has 1 N–H and O–H groups in total. The molecule has 14 heteroatoms. The van der Waals surface area contributed by atoms with Gasteiger partial charge in [-0.15, -0.1) is 0 Å². The summed E-state index contributed by atoms with van der Waals surface area (Å²) in [6.45, 7) is 0.793. The summed E-state index contributed by atoms with van der Waals surface area (Å²) in [6, 6.07) is 11.1. The molecule has 2 aromatic rings. The van der Waals surface area contributed by atoms with Crippen molar-refractivity contribution in [2.45, 2.75) is 37.0 Å². The largest absolute Gasteiger partial charge is 0.496 e. The van der Waals surface area contributed by atoms with Crippen molar-refractivity contribution in [3.63, 3.8) is 0 Å². The number of benzene rings is 2. The minimum Gasteiger partial charge on any atom is -0.496 e. The number of amides is 2. The predicted octanol–water partition coefficient (Wildman–Crippen LogP) is 3.41. The van der Waals surface area contributed by atoms with Crippen LogP contribution in [0.15, 0.2) is 36.4 Å². The highest BCUT2D eigenvalue weighted by atomic mass is 19.4. The van der Waals surface area contributed by atoms with E-state index in [1.165, 1.54) is 19.1 Å². The van der Waals surface area contributed by atoms with Crippen LogP contribution >= 0.6 is 0 Å². The number of carbonyl (C=O) groups is 4. The number of halogens is 3. The summed E-state index contributed by atoms with van der Waals surface area (Å²) >= 11 is 0. The van der Waals surface area contributed by atoms with Crippen molar-refractivity contribution < 1.29 is 56.4 Å². The molecule has 2 aromatic carbocycles. The number of aliphatic carboxylic acids is 1. The minimum absolute atomic E-state index is 0.193. The van der Waals surface area contributed by atoms with Gasteiger partial charge in [-0.25, -0.2) is 4.79 Å². The second-order valence-corrected chi connectivity index (χ2v) is 10.6. The Morgan fingerprint density at radius 2 is 1.72 bits per heavy atom. The van der Waals surface area contributed by atoms with Crippen LogP contribution in [0.3, 0.4) is 0 Å². The Morgan fingerprint density at radius 3 is 2.37 bits per heavy atom. The van der Waals surface area contributed by atoms with Crippen LogP contribution < -0.4 is 14.2 Å². The van der Waals surface area contributed by atoms with Crippen molar-refractivity contribution in [3.8, 4) is 28.4 Å². The van der Waals surface area contributed by atoms with Gasteiger partial charge in [0.2, 0.25) is 18.6 Å². The number of carbonyl (C=O) groups excluding carboxylic acids is 3. The molecule has 0 aromatic heterocycles. The number of ether oxygens (including phenoxy) is 4. The fraction of sp³-hybridized carbons (Fsp3) is 0.448. The third-order valence-electron chi connectivity index (χ3n) is 8.51. The number of carboxylic acids is 1. The van der Waals surface area contributed by atoms with E-state index in [2.05, 4.69) is 4.90 Å². The Labute approximate surface area is 244 Å². The summed E-state index contributed by atoms with van der Waals surface area (Å²) in [7, 11) is 4.45. The number of nitrogens with zero attached hydrogens (tertiary/aromatic N) is 2. The van der Waals surface area contributed by atoms with Crippen molar-refractivity contribution in [3.05, 3.63) is 42.0 Å². The van der Waals surface area contributed by atoms with E-state index in [1.807, 2.05) is 36.4 Å². The van der Waals surface area contributed by atoms with Gasteiger partial charge in [-0.2, -0.15) is 13.2 Å². The Kier molecular flexibility index (Phi) is 7.75. The summed E-state index contributed by atoms with van der Waals surface area (Å²) in [5, 5.41) is 7.12. The molecule has 0 unspecified atom stereocenters. The van der Waals surface area contributed by atoms with Crippen LogP contribution in [0.2, 0.25) is 0 Å². The summed E-state index contributed by atoms with van der Waals surface area (Å²) in [5.74, 6) is -3.21. The molecule has 6 rings (SSSR count). The molecule has 11 nitrogen and oxygen atoms in total. The fourth-order valence-electron chi connectivity index (χ4n) is 6.70. The molecule has 4 atom stereocenters. The zero-order chi connectivity index (χ0) is 31.3. The van der Waals surface area contributed by atoms with Crippen molar-refractivity contribution in [1.82, 2.24) is 9.80 Å². The molecule has 0 saturated carbocycles. The van der Waals surface area contributed by atoms with Gasteiger partial charge in [0.05, 0.1) is 26.1 Å². The quantitative estimate of drug-likeness (QED) is 0.408. The molecule has 230 valence electrons. The molecule has 3 fully saturated rings. The molecule has 0 aliphatic carbocycles. The van der Waals surface area contributed by atoms with Gasteiger partial charge >= 0.3 is 18.1 Å². The summed E-state index contributed by atoms with van der Waals surface area (Å²) < 4.78 is 53.7. The van der Waals surface area contributed by atoms with Gasteiger partial charge in [0.15, 0.2) is 11.5 Å². The second-order valence-electron chi connectivity index (χ2n) is 10.6. The molecule has 0 radical (unpaired) electrons. The molecular weight excluding hydrogens is 577 g/mol. The van der Waals surface area contributed by atoms with E-state index in [4.69, 9.17) is 28.8 Å². The van der Waals surface area contributed by atoms with E-state index in [0.29, 0.717) is 30.2 Å². The van der Waals surface area contributed by atoms with Crippen LogP contribution in [-0.4, -0.2) is 85.0 Å². The summed E-state index contributed by atoms with van der Waals surface area (Å²) in [5.41, 5.74) is 1.44. The lowest BCUT2D eigenvalue weighted by molar-refractivity contribution is -0.192. The predicted molar refractivity (Wildman–Crippen MR) is 141 cm³/mol. The van der Waals surface area contributed by atoms with E-state index in [1.54, 1.807) is 7.11 Å². The minimum atomic E-state index is -5.08. The number of hydrogen-bond acceptors (Lipinski definition) is 9. The van der Waals surface area contributed by atoms with Crippen LogP contribution in [0.1, 0.15) is 30.9 Å². The molecule has 4 aliphatic heterocycles. The molecule has 4 heterocycles. The van der Waals surface area contributed by atoms with Crippen LogP contribution in [0.25, 0.3) is 11.1 Å². The first kappa shape index (κ1) is 30.1. The number of piperidine rings is 1. The SMILES string of the molecule is COC(=O)[C@@]12CCCCN1[C@H](c1ccc(-c3ccc4c(c3)OCO4)c(OC)c1)[C@@H]1C(=O)N(C)C(=O)[C@@H]12.O=C(O)C(F)(F)F. The number of imide groups is 1. The van der Waals surface area contributed by atoms with E-state index in [0.717, 1.165) is 29.5 Å². The number of rotatable bonds is 4. The van der Waals surface area contributed by atoms with Gasteiger partial charge in [0.1, 0.15) is 11.3 Å². The Hall–Kier alpha value is -4.33. The van der Waals surface area contributed by atoms with Gasteiger partial charge in [0, 0.05) is 18.7 Å². The van der Waals surface area contributed by atoms with Gasteiger partial charge in [0.25, 0.3) is 0 Å². The van der Waals surface area contributed by atoms with Gasteiger partial charge in [-0.1, -0.05) is 18.2 Å². The van der Waals surface area contributed by atoms with Gasteiger partial charge in [-0.3, -0.25) is 24.2 Å². The zero-order valence-corrected chi connectivity index (χ0v) is 23.5. The van der Waals surface area contributed by atoms with Gasteiger partial charge < -0.3 is 24.1 Å². The Balaban J connectivity index is 0.000000472. The Bertz CT molecular complexity index is 1480. The van der Waals surface area contributed by atoms with Crippen molar-refractivity contribution in [1.29, 1.82) is 0 Å². The smallest absolute Gasteiger partial charge is 0.490 e. The highest BCUT2D eigenvalue weighted by molar-refractivity contribution is 6.09. The van der Waals surface area contributed by atoms with Crippen molar-refractivity contribution in [2.24, 2.45) is 11.8 Å². The van der Waals surface area contributed by atoms with Crippen LogP contribution in [0.5, 0.6) is 17.2 Å². The monoisotopic (exact) mass is 606 g/mol. The average molecular weight is 607 g/mol. The third kappa shape index (κ3) is 4.82. The van der Waals surface area contributed by atoms with E-state index in [-0.39, 0.29) is 18.6 Å². The van der Waals surface area contributed by atoms with Crippen LogP contribution in [0.4, 0.5) is 13.2 Å². The lowest BCUT2D eigenvalue weighted by Crippen LogP contribution is -2.59. The fourth-order valence-corrected chi connectivity index (χ4v) is 6.70. The highest BCUT2D eigenvalue weighted by Crippen LogP contribution is 2.58. The zero-order valence-electron chi connectivity index (χ0n) is 23.5. The second kappa shape index (κ2) is 11.1. The first-order valence-corrected chi connectivity index (χ1v) is 13.4. The number of likely N-dealkylation sites (tertiary alicyclic amines) is 1. The molecule has 0 bridgehead atoms. The normalized spacial score (nSPS) is 25.9. The van der Waals surface area contributed by atoms with E-state index >= 15 is 0 Å². The number of alkyl halides is 3. The van der Waals surface area contributed by atoms with Crippen LogP contribution in [0, 0.1) is 11.8 Å². The van der Waals surface area contributed by atoms with E-state index in [9.17, 15) is 27.6 Å². The highest BCUT2D eigenvalue weighted by Gasteiger charge is 2.72. The molecule has 3 saturated heterocycles. The summed E-state index contributed by atoms with van der Waals surface area (Å²) in [4.78, 5) is 52.2. The number of hydrogen-bond donors (Lipinski definition) is 1. The first-order chi connectivity index (χ1) is 20.4. The number of methoxy groups -OCH3 is 2. The van der Waals surface area contributed by atoms with Gasteiger partial charge in [-0.05, 0) is 55.1 Å².